The number of methoxy groups -OCH3 is 1. The SMILES string of the molecule is COC(=O)c1sc(C2=CCCCC2)cc1N(C1CCCCC1)n1ccnn1. The molecule has 0 amide bonds. The maximum absolute atomic E-state index is 12.6. The van der Waals surface area contributed by atoms with E-state index in [0.29, 0.717) is 10.9 Å². The molecule has 2 aromatic rings. The van der Waals surface area contributed by atoms with Crippen LogP contribution in [0.2, 0.25) is 0 Å². The van der Waals surface area contributed by atoms with Gasteiger partial charge in [-0.3, -0.25) is 5.01 Å². The lowest BCUT2D eigenvalue weighted by Gasteiger charge is -2.34. The maximum Gasteiger partial charge on any atom is 0.350 e. The van der Waals surface area contributed by atoms with E-state index < -0.39 is 0 Å². The third kappa shape index (κ3) is 3.78. The Morgan fingerprint density at radius 1 is 1.26 bits per heavy atom. The number of allylic oxidation sites excluding steroid dienone is 2. The molecule has 2 aromatic heterocycles. The number of thiophene rings is 1. The minimum atomic E-state index is -0.279. The first-order valence-electron chi connectivity index (χ1n) is 9.85. The van der Waals surface area contributed by atoms with E-state index in [1.54, 1.807) is 22.3 Å². The molecule has 2 aliphatic rings. The van der Waals surface area contributed by atoms with Crippen LogP contribution in [0.5, 0.6) is 0 Å². The molecule has 27 heavy (non-hydrogen) atoms. The van der Waals surface area contributed by atoms with Gasteiger partial charge in [0.05, 0.1) is 31.2 Å². The van der Waals surface area contributed by atoms with Gasteiger partial charge in [0, 0.05) is 4.88 Å². The summed E-state index contributed by atoms with van der Waals surface area (Å²) in [6.07, 6.45) is 16.4. The van der Waals surface area contributed by atoms with Crippen molar-refractivity contribution in [1.29, 1.82) is 0 Å². The Bertz CT molecular complexity index is 806. The zero-order valence-corrected chi connectivity index (χ0v) is 16.6. The van der Waals surface area contributed by atoms with Crippen LogP contribution in [0.15, 0.2) is 24.5 Å². The van der Waals surface area contributed by atoms with Crippen LogP contribution in [-0.4, -0.2) is 34.2 Å². The van der Waals surface area contributed by atoms with Gasteiger partial charge < -0.3 is 4.74 Å². The van der Waals surface area contributed by atoms with Crippen molar-refractivity contribution in [2.75, 3.05) is 12.1 Å². The lowest BCUT2D eigenvalue weighted by molar-refractivity contribution is 0.0606. The van der Waals surface area contributed by atoms with E-state index in [9.17, 15) is 4.79 Å². The Morgan fingerprint density at radius 2 is 2.11 bits per heavy atom. The highest BCUT2D eigenvalue weighted by Gasteiger charge is 2.30. The van der Waals surface area contributed by atoms with Gasteiger partial charge in [0.1, 0.15) is 4.88 Å². The van der Waals surface area contributed by atoms with E-state index in [-0.39, 0.29) is 5.97 Å². The van der Waals surface area contributed by atoms with Gasteiger partial charge in [-0.15, -0.1) is 16.4 Å². The van der Waals surface area contributed by atoms with Crippen LogP contribution in [0.3, 0.4) is 0 Å². The number of carbonyl (C=O) groups is 1. The molecule has 0 radical (unpaired) electrons. The van der Waals surface area contributed by atoms with Gasteiger partial charge in [-0.25, -0.2) is 4.79 Å². The largest absolute Gasteiger partial charge is 0.465 e. The summed E-state index contributed by atoms with van der Waals surface area (Å²) in [4.78, 5) is 16.2. The molecule has 144 valence electrons. The molecule has 0 N–H and O–H groups in total. The van der Waals surface area contributed by atoms with Crippen molar-refractivity contribution in [3.63, 3.8) is 0 Å². The quantitative estimate of drug-likeness (QED) is 0.698. The van der Waals surface area contributed by atoms with E-state index in [2.05, 4.69) is 27.5 Å². The second kappa shape index (κ2) is 8.25. The number of aromatic nitrogens is 3. The second-order valence-electron chi connectivity index (χ2n) is 7.25. The van der Waals surface area contributed by atoms with E-state index in [0.717, 1.165) is 31.4 Å². The molecule has 2 aliphatic carbocycles. The monoisotopic (exact) mass is 386 g/mol. The molecule has 0 saturated heterocycles. The maximum atomic E-state index is 12.6. The van der Waals surface area contributed by atoms with Gasteiger partial charge in [-0.05, 0) is 55.4 Å². The van der Waals surface area contributed by atoms with Crippen LogP contribution in [-0.2, 0) is 4.74 Å². The van der Waals surface area contributed by atoms with Gasteiger partial charge in [0.2, 0.25) is 0 Å². The van der Waals surface area contributed by atoms with E-state index in [1.165, 1.54) is 49.7 Å². The van der Waals surface area contributed by atoms with Gasteiger partial charge in [0.15, 0.2) is 0 Å². The average molecular weight is 387 g/mol. The molecule has 1 saturated carbocycles. The fourth-order valence-electron chi connectivity index (χ4n) is 4.13. The molecular weight excluding hydrogens is 360 g/mol. The van der Waals surface area contributed by atoms with Crippen molar-refractivity contribution in [3.05, 3.63) is 34.3 Å². The first-order chi connectivity index (χ1) is 13.3. The molecule has 6 nitrogen and oxygen atoms in total. The fraction of sp³-hybridized carbons (Fsp3) is 0.550. The highest BCUT2D eigenvalue weighted by molar-refractivity contribution is 7.15. The molecule has 0 aromatic carbocycles. The average Bonchev–Trinajstić information content (AvgIpc) is 3.40. The van der Waals surface area contributed by atoms with Gasteiger partial charge >= 0.3 is 5.97 Å². The molecule has 0 atom stereocenters. The molecule has 7 heteroatoms. The summed E-state index contributed by atoms with van der Waals surface area (Å²) in [7, 11) is 1.45. The smallest absolute Gasteiger partial charge is 0.350 e. The number of carbonyl (C=O) groups excluding carboxylic acids is 1. The molecule has 4 rings (SSSR count). The van der Waals surface area contributed by atoms with E-state index in [1.807, 2.05) is 6.20 Å². The van der Waals surface area contributed by atoms with Crippen LogP contribution in [0.4, 0.5) is 5.69 Å². The standard InChI is InChI=1S/C20H26N4O2S/c1-26-20(25)19-17(14-18(27-19)15-8-4-2-5-9-15)24(23-13-12-21-22-23)16-10-6-3-7-11-16/h8,12-14,16H,2-7,9-11H2,1H3. The second-order valence-corrected chi connectivity index (χ2v) is 8.30. The Morgan fingerprint density at radius 3 is 2.78 bits per heavy atom. The van der Waals surface area contributed by atoms with Crippen LogP contribution in [0.1, 0.15) is 72.3 Å². The number of hydrogen-bond donors (Lipinski definition) is 0. The minimum absolute atomic E-state index is 0.279. The third-order valence-electron chi connectivity index (χ3n) is 5.49. The first-order valence-corrected chi connectivity index (χ1v) is 10.7. The fourth-order valence-corrected chi connectivity index (χ4v) is 5.26. The van der Waals surface area contributed by atoms with E-state index in [4.69, 9.17) is 4.74 Å². The van der Waals surface area contributed by atoms with Crippen molar-refractivity contribution in [2.24, 2.45) is 0 Å². The topological polar surface area (TPSA) is 60.2 Å². The highest BCUT2D eigenvalue weighted by Crippen LogP contribution is 2.40. The molecule has 2 heterocycles. The summed E-state index contributed by atoms with van der Waals surface area (Å²) in [5.74, 6) is -0.279. The predicted molar refractivity (Wildman–Crippen MR) is 107 cm³/mol. The summed E-state index contributed by atoms with van der Waals surface area (Å²) in [6.45, 7) is 0. The lowest BCUT2D eigenvalue weighted by Crippen LogP contribution is -2.42. The molecule has 0 unspecified atom stereocenters. The first kappa shape index (κ1) is 18.2. The number of esters is 1. The predicted octanol–water partition coefficient (Wildman–Crippen LogP) is 4.69. The number of nitrogens with zero attached hydrogens (tertiary/aromatic N) is 4. The summed E-state index contributed by atoms with van der Waals surface area (Å²) in [6, 6.07) is 2.47. The molecule has 1 fully saturated rings. The van der Waals surface area contributed by atoms with Crippen LogP contribution >= 0.6 is 11.3 Å². The summed E-state index contributed by atoms with van der Waals surface area (Å²) < 4.78 is 5.11. The summed E-state index contributed by atoms with van der Waals surface area (Å²) in [5.41, 5.74) is 2.25. The summed E-state index contributed by atoms with van der Waals surface area (Å²) in [5, 5.41) is 10.4. The minimum Gasteiger partial charge on any atom is -0.465 e. The molecule has 0 spiro atoms. The zero-order valence-electron chi connectivity index (χ0n) is 15.8. The van der Waals surface area contributed by atoms with E-state index >= 15 is 0 Å². The zero-order chi connectivity index (χ0) is 18.6. The Balaban J connectivity index is 1.79. The van der Waals surface area contributed by atoms with Crippen LogP contribution in [0, 0.1) is 0 Å². The highest BCUT2D eigenvalue weighted by atomic mass is 32.1. The van der Waals surface area contributed by atoms with Crippen molar-refractivity contribution in [1.82, 2.24) is 15.1 Å². The molecule has 0 bridgehead atoms. The number of rotatable bonds is 5. The third-order valence-corrected chi connectivity index (χ3v) is 6.67. The van der Waals surface area contributed by atoms with Crippen molar-refractivity contribution in [3.8, 4) is 0 Å². The van der Waals surface area contributed by atoms with Crippen molar-refractivity contribution in [2.45, 2.75) is 63.8 Å². The summed E-state index contributed by atoms with van der Waals surface area (Å²) >= 11 is 1.54. The van der Waals surface area contributed by atoms with Crippen LogP contribution < -0.4 is 5.01 Å². The Kier molecular flexibility index (Phi) is 5.57. The molecule has 0 aliphatic heterocycles. The van der Waals surface area contributed by atoms with Gasteiger partial charge in [0.25, 0.3) is 0 Å². The number of anilines is 1. The van der Waals surface area contributed by atoms with Crippen molar-refractivity contribution < 1.29 is 9.53 Å². The number of hydrogen-bond acceptors (Lipinski definition) is 6. The lowest BCUT2D eigenvalue weighted by atomic mass is 9.94. The number of ether oxygens (including phenoxy) is 1. The molecular formula is C20H26N4O2S. The van der Waals surface area contributed by atoms with Gasteiger partial charge in [-0.2, -0.15) is 4.79 Å². The Labute approximate surface area is 163 Å². The normalized spacial score (nSPS) is 18.2. The van der Waals surface area contributed by atoms with Gasteiger partial charge in [-0.1, -0.05) is 25.3 Å². The van der Waals surface area contributed by atoms with Crippen LogP contribution in [0.25, 0.3) is 5.57 Å². The van der Waals surface area contributed by atoms with Crippen molar-refractivity contribution >= 4 is 28.6 Å². The Hall–Kier alpha value is -2.15.